The van der Waals surface area contributed by atoms with E-state index in [4.69, 9.17) is 4.74 Å². The van der Waals surface area contributed by atoms with Gasteiger partial charge in [0.2, 0.25) is 17.4 Å². The van der Waals surface area contributed by atoms with Crippen molar-refractivity contribution in [3.05, 3.63) is 53.6 Å². The predicted octanol–water partition coefficient (Wildman–Crippen LogP) is 4.29. The van der Waals surface area contributed by atoms with Gasteiger partial charge in [0.25, 0.3) is 0 Å². The monoisotopic (exact) mass is 301 g/mol. The molecule has 111 valence electrons. The predicted molar refractivity (Wildman–Crippen MR) is 63.9 cm³/mol. The van der Waals surface area contributed by atoms with Crippen LogP contribution >= 0.6 is 0 Å². The lowest BCUT2D eigenvalue weighted by Gasteiger charge is -2.09. The van der Waals surface area contributed by atoms with Gasteiger partial charge >= 0.3 is 6.61 Å². The van der Waals surface area contributed by atoms with Crippen molar-refractivity contribution in [1.29, 1.82) is 0 Å². The Bertz CT molecular complexity index is 614. The molecule has 0 amide bonds. The van der Waals surface area contributed by atoms with E-state index in [1.807, 2.05) is 0 Å². The minimum atomic E-state index is -2.92. The summed E-state index contributed by atoms with van der Waals surface area (Å²) in [4.78, 5) is 0. The third-order valence-electron chi connectivity index (χ3n) is 2.55. The topological polar surface area (TPSA) is 38.4 Å². The first kappa shape index (κ1) is 15.0. The molecule has 0 fully saturated rings. The number of ether oxygens (including phenoxy) is 2. The fourth-order valence-electron chi connectivity index (χ4n) is 1.55. The van der Waals surface area contributed by atoms with Crippen molar-refractivity contribution in [2.45, 2.75) is 13.2 Å². The molecule has 2 rings (SSSR count). The van der Waals surface area contributed by atoms with Gasteiger partial charge in [-0.3, -0.25) is 5.11 Å². The summed E-state index contributed by atoms with van der Waals surface area (Å²) >= 11 is 0. The van der Waals surface area contributed by atoms with Crippen LogP contribution in [0.4, 0.5) is 17.6 Å². The van der Waals surface area contributed by atoms with Crippen molar-refractivity contribution in [2.75, 3.05) is 0 Å². The van der Waals surface area contributed by atoms with Crippen LogP contribution in [0.5, 0.6) is 17.2 Å². The first-order valence-electron chi connectivity index (χ1n) is 5.79. The molecule has 0 aliphatic carbocycles. The van der Waals surface area contributed by atoms with E-state index >= 15 is 0 Å². The van der Waals surface area contributed by atoms with Gasteiger partial charge in [-0.15, -0.1) is 0 Å². The molecule has 2 aromatic rings. The Morgan fingerprint density at radius 1 is 0.952 bits per heavy atom. The van der Waals surface area contributed by atoms with E-state index in [1.54, 1.807) is 0 Å². The van der Waals surface area contributed by atoms with Crippen molar-refractivity contribution in [2.24, 2.45) is 0 Å². The molecule has 21 heavy (non-hydrogen) atoms. The normalized spacial score (nSPS) is 10.7. The molecule has 1 radical (unpaired) electrons. The van der Waals surface area contributed by atoms with E-state index in [9.17, 15) is 22.7 Å². The lowest BCUT2D eigenvalue weighted by molar-refractivity contribution is -0.0498. The molecule has 0 aliphatic heterocycles. The fourth-order valence-corrected chi connectivity index (χ4v) is 1.55. The van der Waals surface area contributed by atoms with Crippen LogP contribution in [-0.2, 0) is 11.7 Å². The molecule has 0 saturated heterocycles. The summed E-state index contributed by atoms with van der Waals surface area (Å²) in [5.74, 6) is -4.36. The van der Waals surface area contributed by atoms with Gasteiger partial charge in [-0.1, -0.05) is 12.1 Å². The second-order valence-corrected chi connectivity index (χ2v) is 4.00. The maximum Gasteiger partial charge on any atom is 0.387 e. The zero-order valence-corrected chi connectivity index (χ0v) is 10.5. The van der Waals surface area contributed by atoms with E-state index in [0.29, 0.717) is 5.56 Å². The van der Waals surface area contributed by atoms with Crippen LogP contribution in [0, 0.1) is 11.6 Å². The lowest BCUT2D eigenvalue weighted by Crippen LogP contribution is -2.02. The molecule has 2 aromatic carbocycles. The highest BCUT2D eigenvalue weighted by atomic mass is 19.3. The number of halogens is 4. The van der Waals surface area contributed by atoms with Crippen LogP contribution in [0.2, 0.25) is 0 Å². The summed E-state index contributed by atoms with van der Waals surface area (Å²) in [6.07, 6.45) is 0. The van der Waals surface area contributed by atoms with Crippen LogP contribution in [-0.4, -0.2) is 6.61 Å². The highest BCUT2D eigenvalue weighted by molar-refractivity contribution is 5.34. The van der Waals surface area contributed by atoms with Crippen LogP contribution in [0.25, 0.3) is 0 Å². The Morgan fingerprint density at radius 2 is 1.62 bits per heavy atom. The van der Waals surface area contributed by atoms with Crippen LogP contribution in [0.1, 0.15) is 5.56 Å². The first-order valence-corrected chi connectivity index (χ1v) is 5.79. The van der Waals surface area contributed by atoms with Gasteiger partial charge in [-0.2, -0.15) is 17.6 Å². The lowest BCUT2D eigenvalue weighted by atomic mass is 10.2. The van der Waals surface area contributed by atoms with Crippen LogP contribution < -0.4 is 9.47 Å². The van der Waals surface area contributed by atoms with Gasteiger partial charge < -0.3 is 9.47 Å². The van der Waals surface area contributed by atoms with E-state index in [-0.39, 0.29) is 12.4 Å². The first-order chi connectivity index (χ1) is 9.97. The molecule has 0 atom stereocenters. The number of hydrogen-bond acceptors (Lipinski definition) is 2. The molecule has 0 spiro atoms. The standard InChI is InChI=1S/C14H9F4O3/c15-12-10(19)5-6-11(13(12)16)20-7-8-1-3-9(4-2-8)21-14(17)18/h1-6,14H,7H2. The zero-order valence-electron chi connectivity index (χ0n) is 10.5. The van der Waals surface area contributed by atoms with E-state index in [1.165, 1.54) is 24.3 Å². The van der Waals surface area contributed by atoms with Crippen LogP contribution in [0.15, 0.2) is 36.4 Å². The summed E-state index contributed by atoms with van der Waals surface area (Å²) in [6.45, 7) is -3.04. The third-order valence-corrected chi connectivity index (χ3v) is 2.55. The molecule has 0 N–H and O–H groups in total. The highest BCUT2D eigenvalue weighted by Crippen LogP contribution is 2.27. The summed E-state index contributed by atoms with van der Waals surface area (Å²) in [5.41, 5.74) is 0.530. The van der Waals surface area contributed by atoms with Crippen molar-refractivity contribution >= 4 is 0 Å². The molecule has 7 heteroatoms. The Labute approximate surface area is 117 Å². The largest absolute Gasteiger partial charge is 0.486 e. The minimum absolute atomic E-state index is 0.0262. The molecule has 0 bridgehead atoms. The highest BCUT2D eigenvalue weighted by Gasteiger charge is 2.15. The molecule has 0 aliphatic rings. The Kier molecular flexibility index (Phi) is 4.52. The van der Waals surface area contributed by atoms with Crippen LogP contribution in [0.3, 0.4) is 0 Å². The third kappa shape index (κ3) is 3.77. The summed E-state index contributed by atoms with van der Waals surface area (Å²) in [6, 6.07) is 7.34. The summed E-state index contributed by atoms with van der Waals surface area (Å²) in [7, 11) is 0. The Balaban J connectivity index is 2.02. The molecule has 0 aromatic heterocycles. The maximum absolute atomic E-state index is 13.4. The van der Waals surface area contributed by atoms with E-state index < -0.39 is 29.7 Å². The average molecular weight is 301 g/mol. The van der Waals surface area contributed by atoms with Gasteiger partial charge in [0.15, 0.2) is 5.75 Å². The maximum atomic E-state index is 13.4. The molecular weight excluding hydrogens is 292 g/mol. The molecule has 0 saturated carbocycles. The summed E-state index contributed by atoms with van der Waals surface area (Å²) < 4.78 is 59.5. The number of hydrogen-bond donors (Lipinski definition) is 0. The second kappa shape index (κ2) is 6.34. The van der Waals surface area contributed by atoms with Crippen molar-refractivity contribution < 1.29 is 32.1 Å². The minimum Gasteiger partial charge on any atom is -0.486 e. The average Bonchev–Trinajstić information content (AvgIpc) is 2.45. The smallest absolute Gasteiger partial charge is 0.387 e. The molecule has 0 unspecified atom stereocenters. The number of rotatable bonds is 5. The molecule has 0 heterocycles. The van der Waals surface area contributed by atoms with Crippen molar-refractivity contribution in [1.82, 2.24) is 0 Å². The second-order valence-electron chi connectivity index (χ2n) is 4.00. The molecular formula is C14H9F4O3. The van der Waals surface area contributed by atoms with Gasteiger partial charge in [0.05, 0.1) is 0 Å². The van der Waals surface area contributed by atoms with Gasteiger partial charge in [-0.05, 0) is 29.8 Å². The van der Waals surface area contributed by atoms with E-state index in [2.05, 4.69) is 4.74 Å². The SMILES string of the molecule is [O]c1ccc(OCc2ccc(OC(F)F)cc2)c(F)c1F. The van der Waals surface area contributed by atoms with Crippen molar-refractivity contribution in [3.63, 3.8) is 0 Å². The quantitative estimate of drug-likeness (QED) is 0.773. The Hall–Kier alpha value is -2.44. The number of benzene rings is 2. The van der Waals surface area contributed by atoms with Gasteiger partial charge in [0.1, 0.15) is 12.4 Å². The zero-order chi connectivity index (χ0) is 15.4. The Morgan fingerprint density at radius 3 is 2.24 bits per heavy atom. The van der Waals surface area contributed by atoms with Gasteiger partial charge in [0, 0.05) is 0 Å². The fraction of sp³-hybridized carbons (Fsp3) is 0.143. The molecule has 3 nitrogen and oxygen atoms in total. The number of alkyl halides is 2. The van der Waals surface area contributed by atoms with Gasteiger partial charge in [-0.25, -0.2) is 0 Å². The summed E-state index contributed by atoms with van der Waals surface area (Å²) in [5, 5.41) is 10.8. The van der Waals surface area contributed by atoms with E-state index in [0.717, 1.165) is 12.1 Å². The van der Waals surface area contributed by atoms with Crippen molar-refractivity contribution in [3.8, 4) is 17.2 Å².